The fourth-order valence-electron chi connectivity index (χ4n) is 0.925. The van der Waals surface area contributed by atoms with Crippen LogP contribution in [0.25, 0.3) is 0 Å². The van der Waals surface area contributed by atoms with Crippen molar-refractivity contribution in [2.24, 2.45) is 5.73 Å². The number of hydrogen-bond acceptors (Lipinski definition) is 4. The van der Waals surface area contributed by atoms with Crippen molar-refractivity contribution in [3.05, 3.63) is 24.0 Å². The van der Waals surface area contributed by atoms with Gasteiger partial charge in [-0.05, 0) is 11.6 Å². The van der Waals surface area contributed by atoms with E-state index in [1.807, 2.05) is 0 Å². The van der Waals surface area contributed by atoms with Crippen LogP contribution in [0.1, 0.15) is 11.6 Å². The molecule has 7 heteroatoms. The molecular weight excluding hydrogens is 208 g/mol. The topological polar surface area (TPSA) is 102 Å². The van der Waals surface area contributed by atoms with E-state index in [1.165, 1.54) is 18.5 Å². The Morgan fingerprint density at radius 3 is 2.57 bits per heavy atom. The fraction of sp³-hybridized carbons (Fsp3) is 0.286. The summed E-state index contributed by atoms with van der Waals surface area (Å²) >= 11 is 0. The van der Waals surface area contributed by atoms with Gasteiger partial charge in [0.25, 0.3) is 0 Å². The molecular formula is C7H10N2O4S. The molecule has 14 heavy (non-hydrogen) atoms. The van der Waals surface area contributed by atoms with Gasteiger partial charge in [-0.15, -0.1) is 0 Å². The summed E-state index contributed by atoms with van der Waals surface area (Å²) in [7, 11) is -3.37. The Labute approximate surface area is 81.0 Å². The summed E-state index contributed by atoms with van der Waals surface area (Å²) in [5.41, 5.74) is 5.54. The van der Waals surface area contributed by atoms with Crippen molar-refractivity contribution in [2.45, 2.75) is 6.04 Å². The van der Waals surface area contributed by atoms with Crippen LogP contribution in [0.4, 0.5) is 0 Å². The van der Waals surface area contributed by atoms with E-state index in [-0.39, 0.29) is 5.56 Å². The van der Waals surface area contributed by atoms with Crippen molar-refractivity contribution >= 4 is 16.0 Å². The van der Waals surface area contributed by atoms with Crippen LogP contribution >= 0.6 is 0 Å². The molecule has 0 aromatic carbocycles. The minimum Gasteiger partial charge on any atom is -0.480 e. The predicted molar refractivity (Wildman–Crippen MR) is 49.2 cm³/mol. The quantitative estimate of drug-likeness (QED) is 0.703. The maximum atomic E-state index is 11.0. The highest BCUT2D eigenvalue weighted by atomic mass is 32.2. The fourth-order valence-corrected chi connectivity index (χ4v) is 1.52. The summed E-state index contributed by atoms with van der Waals surface area (Å²) in [6, 6.07) is 0.165. The Hall–Kier alpha value is -1.34. The van der Waals surface area contributed by atoms with Gasteiger partial charge in [0.15, 0.2) is 0 Å². The second-order valence-corrected chi connectivity index (χ2v) is 4.74. The Balaban J connectivity index is 3.06. The van der Waals surface area contributed by atoms with Gasteiger partial charge in [-0.3, -0.25) is 8.77 Å². The maximum Gasteiger partial charge on any atom is 0.325 e. The molecule has 6 nitrogen and oxygen atoms in total. The van der Waals surface area contributed by atoms with Crippen LogP contribution in [0.2, 0.25) is 0 Å². The average Bonchev–Trinajstić information content (AvgIpc) is 2.49. The molecule has 0 radical (unpaired) electrons. The molecule has 1 unspecified atom stereocenters. The molecule has 0 amide bonds. The number of rotatable bonds is 3. The van der Waals surface area contributed by atoms with Crippen molar-refractivity contribution in [3.63, 3.8) is 0 Å². The van der Waals surface area contributed by atoms with E-state index >= 15 is 0 Å². The third-order valence-corrected chi connectivity index (χ3v) is 2.69. The standard InChI is InChI=1S/C7H10N2O4S/c1-14(12,13)9-3-2-5(4-9)6(8)7(10)11/h2-4,6H,8H2,1H3,(H,10,11). The number of hydrogen-bond donors (Lipinski definition) is 2. The maximum absolute atomic E-state index is 11.0. The number of carbonyl (C=O) groups is 1. The Morgan fingerprint density at radius 2 is 2.21 bits per heavy atom. The molecule has 0 saturated heterocycles. The summed E-state index contributed by atoms with van der Waals surface area (Å²) in [6.45, 7) is 0. The van der Waals surface area contributed by atoms with Crippen molar-refractivity contribution in [3.8, 4) is 0 Å². The number of nitrogens with zero attached hydrogens (tertiary/aromatic N) is 1. The lowest BCUT2D eigenvalue weighted by atomic mass is 10.2. The first kappa shape index (κ1) is 10.7. The van der Waals surface area contributed by atoms with E-state index in [0.717, 1.165) is 10.2 Å². The van der Waals surface area contributed by atoms with Crippen LogP contribution in [0.15, 0.2) is 18.5 Å². The summed E-state index contributed by atoms with van der Waals surface area (Å²) < 4.78 is 22.9. The third kappa shape index (κ3) is 2.12. The number of aromatic nitrogens is 1. The monoisotopic (exact) mass is 218 g/mol. The molecule has 0 fully saturated rings. The predicted octanol–water partition coefficient (Wildman–Crippen LogP) is -0.620. The minimum atomic E-state index is -3.37. The molecule has 1 atom stereocenters. The van der Waals surface area contributed by atoms with Gasteiger partial charge < -0.3 is 10.8 Å². The van der Waals surface area contributed by atoms with Gasteiger partial charge in [-0.1, -0.05) is 0 Å². The molecule has 0 spiro atoms. The van der Waals surface area contributed by atoms with Crippen LogP contribution in [-0.2, 0) is 14.8 Å². The largest absolute Gasteiger partial charge is 0.480 e. The van der Waals surface area contributed by atoms with Gasteiger partial charge >= 0.3 is 5.97 Å². The van der Waals surface area contributed by atoms with Gasteiger partial charge in [0.2, 0.25) is 10.0 Å². The molecule has 0 saturated carbocycles. The first-order valence-electron chi connectivity index (χ1n) is 3.69. The van der Waals surface area contributed by atoms with E-state index in [2.05, 4.69) is 0 Å². The lowest BCUT2D eigenvalue weighted by Crippen LogP contribution is -2.20. The third-order valence-electron chi connectivity index (χ3n) is 1.70. The van der Waals surface area contributed by atoms with Crippen molar-refractivity contribution < 1.29 is 18.3 Å². The number of nitrogens with two attached hydrogens (primary N) is 1. The van der Waals surface area contributed by atoms with Gasteiger partial charge in [-0.25, -0.2) is 8.42 Å². The zero-order valence-electron chi connectivity index (χ0n) is 7.41. The van der Waals surface area contributed by atoms with E-state index in [0.29, 0.717) is 0 Å². The summed E-state index contributed by atoms with van der Waals surface area (Å²) in [5, 5.41) is 8.56. The van der Waals surface area contributed by atoms with Crippen molar-refractivity contribution in [1.29, 1.82) is 0 Å². The van der Waals surface area contributed by atoms with E-state index < -0.39 is 22.0 Å². The first-order chi connectivity index (χ1) is 6.32. The molecule has 0 bridgehead atoms. The van der Waals surface area contributed by atoms with Gasteiger partial charge in [0.05, 0.1) is 6.26 Å². The van der Waals surface area contributed by atoms with Crippen LogP contribution in [0.5, 0.6) is 0 Å². The molecule has 0 aliphatic heterocycles. The molecule has 78 valence electrons. The van der Waals surface area contributed by atoms with E-state index in [9.17, 15) is 13.2 Å². The molecule has 1 heterocycles. The SMILES string of the molecule is CS(=O)(=O)n1ccc(C(N)C(=O)O)c1. The van der Waals surface area contributed by atoms with Crippen molar-refractivity contribution in [2.75, 3.05) is 6.26 Å². The summed E-state index contributed by atoms with van der Waals surface area (Å²) in [6.07, 6.45) is 3.46. The molecule has 3 N–H and O–H groups in total. The highest BCUT2D eigenvalue weighted by molar-refractivity contribution is 7.89. The molecule has 0 aliphatic rings. The molecule has 1 aromatic rings. The lowest BCUT2D eigenvalue weighted by Gasteiger charge is -2.02. The van der Waals surface area contributed by atoms with Crippen molar-refractivity contribution in [1.82, 2.24) is 3.97 Å². The second-order valence-electron chi connectivity index (χ2n) is 2.85. The Kier molecular flexibility index (Phi) is 2.63. The Morgan fingerprint density at radius 1 is 1.64 bits per heavy atom. The Bertz CT molecular complexity index is 448. The smallest absolute Gasteiger partial charge is 0.325 e. The van der Waals surface area contributed by atoms with Crippen LogP contribution in [-0.4, -0.2) is 29.7 Å². The van der Waals surface area contributed by atoms with E-state index in [4.69, 9.17) is 10.8 Å². The molecule has 1 rings (SSSR count). The number of carboxylic acids is 1. The van der Waals surface area contributed by atoms with Crippen LogP contribution < -0.4 is 5.73 Å². The molecule has 1 aromatic heterocycles. The highest BCUT2D eigenvalue weighted by Crippen LogP contribution is 2.11. The lowest BCUT2D eigenvalue weighted by molar-refractivity contribution is -0.138. The number of carboxylic acid groups (broad SMARTS) is 1. The van der Waals surface area contributed by atoms with Gasteiger partial charge in [0, 0.05) is 12.4 Å². The molecule has 0 aliphatic carbocycles. The second kappa shape index (κ2) is 3.43. The normalized spacial score (nSPS) is 13.9. The van der Waals surface area contributed by atoms with Crippen LogP contribution in [0.3, 0.4) is 0 Å². The highest BCUT2D eigenvalue weighted by Gasteiger charge is 2.16. The van der Waals surface area contributed by atoms with Crippen LogP contribution in [0, 0.1) is 0 Å². The number of aliphatic carboxylic acids is 1. The first-order valence-corrected chi connectivity index (χ1v) is 5.54. The summed E-state index contributed by atoms with van der Waals surface area (Å²) in [5.74, 6) is -1.20. The zero-order chi connectivity index (χ0) is 10.9. The van der Waals surface area contributed by atoms with E-state index in [1.54, 1.807) is 0 Å². The zero-order valence-corrected chi connectivity index (χ0v) is 8.23. The van der Waals surface area contributed by atoms with Gasteiger partial charge in [0.1, 0.15) is 6.04 Å². The van der Waals surface area contributed by atoms with Gasteiger partial charge in [-0.2, -0.15) is 0 Å². The average molecular weight is 218 g/mol. The summed E-state index contributed by atoms with van der Waals surface area (Å²) in [4.78, 5) is 10.5. The minimum absolute atomic E-state index is 0.253.